The Balaban J connectivity index is 0.00000172. The second kappa shape index (κ2) is 10.9. The number of rotatable bonds is 7. The highest BCUT2D eigenvalue weighted by Crippen LogP contribution is 2.19. The van der Waals surface area contributed by atoms with Crippen molar-refractivity contribution in [3.63, 3.8) is 0 Å². The summed E-state index contributed by atoms with van der Waals surface area (Å²) in [4.78, 5) is 4.15. The van der Waals surface area contributed by atoms with E-state index in [1.165, 1.54) is 11.3 Å². The van der Waals surface area contributed by atoms with Crippen LogP contribution in [0.25, 0.3) is 0 Å². The largest absolute Gasteiger partial charge is 0.393 e. The first-order valence-corrected chi connectivity index (χ1v) is 7.54. The molecule has 0 saturated heterocycles. The third-order valence-corrected chi connectivity index (χ3v) is 3.35. The van der Waals surface area contributed by atoms with Crippen LogP contribution in [-0.4, -0.2) is 61.4 Å². The van der Waals surface area contributed by atoms with Gasteiger partial charge in [-0.1, -0.05) is 25.5 Å². The Morgan fingerprint density at radius 3 is 2.35 bits per heavy atom. The van der Waals surface area contributed by atoms with Crippen LogP contribution in [0, 0.1) is 0 Å². The van der Waals surface area contributed by atoms with Crippen molar-refractivity contribution in [3.8, 4) is 0 Å². The van der Waals surface area contributed by atoms with Crippen LogP contribution in [0.2, 0.25) is 0 Å². The number of alkyl halides is 1. The quantitative estimate of drug-likeness (QED) is 0.779. The zero-order valence-electron chi connectivity index (χ0n) is 13.7. The van der Waals surface area contributed by atoms with Crippen molar-refractivity contribution in [2.45, 2.75) is 39.8 Å². The normalized spacial score (nSPS) is 16.0. The zero-order chi connectivity index (χ0) is 15.5. The molecule has 4 heteroatoms. The number of aliphatic hydroxyl groups excluding tert-OH is 1. The molecule has 0 aromatic rings. The lowest BCUT2D eigenvalue weighted by atomic mass is 10.0. The van der Waals surface area contributed by atoms with Crippen LogP contribution in [0.5, 0.6) is 0 Å². The first-order chi connectivity index (χ1) is 9.52. The number of hydrogen-bond acceptors (Lipinski definition) is 3. The van der Waals surface area contributed by atoms with Crippen LogP contribution >= 0.6 is 0 Å². The van der Waals surface area contributed by atoms with Crippen molar-refractivity contribution in [2.24, 2.45) is 0 Å². The number of allylic oxidation sites excluding steroid dienone is 4. The standard InChI is InChI=1S/C14H25FN2O.C2H6/c1-12-4-6-14(7-5-12)17(3)9-8-16(2)10-13(15)11-18;1-2/h4,6,13,18H,5,7-11H2,1-3H3;1-2H3. The fourth-order valence-corrected chi connectivity index (χ4v) is 2.00. The van der Waals surface area contributed by atoms with Gasteiger partial charge in [0.15, 0.2) is 0 Å². The number of nitrogens with zero attached hydrogens (tertiary/aromatic N) is 2. The summed E-state index contributed by atoms with van der Waals surface area (Å²) in [7, 11) is 3.96. The van der Waals surface area contributed by atoms with Crippen LogP contribution in [-0.2, 0) is 0 Å². The first kappa shape index (κ1) is 19.1. The molecule has 1 N–H and O–H groups in total. The molecule has 0 amide bonds. The highest BCUT2D eigenvalue weighted by atomic mass is 19.1. The van der Waals surface area contributed by atoms with Gasteiger partial charge < -0.3 is 14.9 Å². The smallest absolute Gasteiger partial charge is 0.136 e. The molecule has 1 atom stereocenters. The molecule has 0 fully saturated rings. The number of aliphatic hydroxyl groups is 1. The molecule has 0 aromatic heterocycles. The summed E-state index contributed by atoms with van der Waals surface area (Å²) in [6, 6.07) is 0. The minimum atomic E-state index is -1.14. The molecule has 3 nitrogen and oxygen atoms in total. The van der Waals surface area contributed by atoms with Crippen molar-refractivity contribution in [1.29, 1.82) is 0 Å². The number of halogens is 1. The maximum atomic E-state index is 13.0. The lowest BCUT2D eigenvalue weighted by Gasteiger charge is -2.27. The van der Waals surface area contributed by atoms with Gasteiger partial charge in [-0.2, -0.15) is 0 Å². The van der Waals surface area contributed by atoms with E-state index in [1.54, 1.807) is 0 Å². The minimum absolute atomic E-state index is 0.294. The molecule has 0 heterocycles. The minimum Gasteiger partial charge on any atom is -0.393 e. The van der Waals surface area contributed by atoms with Gasteiger partial charge in [0.1, 0.15) is 6.17 Å². The summed E-state index contributed by atoms with van der Waals surface area (Å²) in [6.07, 6.45) is 5.42. The molecule has 1 aliphatic carbocycles. The molecule has 20 heavy (non-hydrogen) atoms. The van der Waals surface area contributed by atoms with E-state index in [4.69, 9.17) is 5.11 Å². The fraction of sp³-hybridized carbons (Fsp3) is 0.750. The average molecular weight is 286 g/mol. The molecule has 0 radical (unpaired) electrons. The Labute approximate surface area is 123 Å². The van der Waals surface area contributed by atoms with Crippen molar-refractivity contribution < 1.29 is 9.50 Å². The van der Waals surface area contributed by atoms with Crippen LogP contribution in [0.4, 0.5) is 4.39 Å². The lowest BCUT2D eigenvalue weighted by molar-refractivity contribution is 0.135. The predicted molar refractivity (Wildman–Crippen MR) is 84.5 cm³/mol. The lowest BCUT2D eigenvalue weighted by Crippen LogP contribution is -2.35. The molecule has 118 valence electrons. The average Bonchev–Trinajstić information content (AvgIpc) is 2.47. The van der Waals surface area contributed by atoms with E-state index in [0.29, 0.717) is 6.54 Å². The van der Waals surface area contributed by atoms with Gasteiger partial charge in [-0.05, 0) is 32.9 Å². The van der Waals surface area contributed by atoms with E-state index in [1.807, 2.05) is 25.8 Å². The molecule has 0 saturated carbocycles. The second-order valence-corrected chi connectivity index (χ2v) is 5.13. The highest BCUT2D eigenvalue weighted by molar-refractivity contribution is 5.21. The maximum Gasteiger partial charge on any atom is 0.136 e. The fourth-order valence-electron chi connectivity index (χ4n) is 2.00. The van der Waals surface area contributed by atoms with E-state index in [9.17, 15) is 4.39 Å². The third kappa shape index (κ3) is 7.65. The van der Waals surface area contributed by atoms with Crippen LogP contribution in [0.15, 0.2) is 23.4 Å². The van der Waals surface area contributed by atoms with Crippen molar-refractivity contribution in [2.75, 3.05) is 40.3 Å². The van der Waals surface area contributed by atoms with Crippen LogP contribution < -0.4 is 0 Å². The Morgan fingerprint density at radius 1 is 1.20 bits per heavy atom. The molecule has 0 aliphatic heterocycles. The maximum absolute atomic E-state index is 13.0. The van der Waals surface area contributed by atoms with Gasteiger partial charge in [0.2, 0.25) is 0 Å². The van der Waals surface area contributed by atoms with Gasteiger partial charge in [0, 0.05) is 32.4 Å². The molecule has 1 aliphatic rings. The monoisotopic (exact) mass is 286 g/mol. The van der Waals surface area contributed by atoms with E-state index in [-0.39, 0.29) is 0 Å². The molecule has 1 unspecified atom stereocenters. The van der Waals surface area contributed by atoms with E-state index >= 15 is 0 Å². The van der Waals surface area contributed by atoms with E-state index in [0.717, 1.165) is 25.9 Å². The molecule has 0 spiro atoms. The summed E-state index contributed by atoms with van der Waals surface area (Å²) in [5.74, 6) is 0. The molecule has 0 bridgehead atoms. The third-order valence-electron chi connectivity index (χ3n) is 3.35. The molecule has 1 rings (SSSR count). The van der Waals surface area contributed by atoms with Gasteiger partial charge in [0.25, 0.3) is 0 Å². The summed E-state index contributed by atoms with van der Waals surface area (Å²) in [5.41, 5.74) is 2.76. The summed E-state index contributed by atoms with van der Waals surface area (Å²) >= 11 is 0. The van der Waals surface area contributed by atoms with Crippen molar-refractivity contribution >= 4 is 0 Å². The summed E-state index contributed by atoms with van der Waals surface area (Å²) < 4.78 is 13.0. The van der Waals surface area contributed by atoms with Crippen molar-refractivity contribution in [1.82, 2.24) is 9.80 Å². The first-order valence-electron chi connectivity index (χ1n) is 7.54. The molecule has 0 aromatic carbocycles. The van der Waals surface area contributed by atoms with Gasteiger partial charge in [-0.3, -0.25) is 0 Å². The Bertz CT molecular complexity index is 316. The predicted octanol–water partition coefficient (Wildman–Crippen LogP) is 2.83. The zero-order valence-corrected chi connectivity index (χ0v) is 13.7. The Kier molecular flexibility index (Phi) is 10.4. The van der Waals surface area contributed by atoms with Gasteiger partial charge in [-0.15, -0.1) is 0 Å². The van der Waals surface area contributed by atoms with E-state index < -0.39 is 12.8 Å². The Morgan fingerprint density at radius 2 is 1.85 bits per heavy atom. The van der Waals surface area contributed by atoms with Gasteiger partial charge >= 0.3 is 0 Å². The Hall–Kier alpha value is -0.870. The number of hydrogen-bond donors (Lipinski definition) is 1. The topological polar surface area (TPSA) is 26.7 Å². The van der Waals surface area contributed by atoms with Gasteiger partial charge in [-0.25, -0.2) is 4.39 Å². The molecular weight excluding hydrogens is 255 g/mol. The van der Waals surface area contributed by atoms with Crippen LogP contribution in [0.3, 0.4) is 0 Å². The van der Waals surface area contributed by atoms with Crippen LogP contribution in [0.1, 0.15) is 33.6 Å². The molecular formula is C16H31FN2O. The van der Waals surface area contributed by atoms with E-state index in [2.05, 4.69) is 31.0 Å². The summed E-state index contributed by atoms with van der Waals surface area (Å²) in [6.45, 7) is 7.74. The summed E-state index contributed by atoms with van der Waals surface area (Å²) in [5, 5.41) is 8.66. The second-order valence-electron chi connectivity index (χ2n) is 5.13. The SMILES string of the molecule is CC.CC1=CC=C(N(C)CCN(C)CC(F)CO)CC1. The number of likely N-dealkylation sites (N-methyl/N-ethyl adjacent to an activating group) is 2. The highest BCUT2D eigenvalue weighted by Gasteiger charge is 2.11. The van der Waals surface area contributed by atoms with Gasteiger partial charge in [0.05, 0.1) is 6.61 Å². The van der Waals surface area contributed by atoms with Crippen molar-refractivity contribution in [3.05, 3.63) is 23.4 Å².